The van der Waals surface area contributed by atoms with Gasteiger partial charge in [0.15, 0.2) is 0 Å². The fourth-order valence-corrected chi connectivity index (χ4v) is 2.76. The number of hydrogen-bond donors (Lipinski definition) is 2. The van der Waals surface area contributed by atoms with Crippen molar-refractivity contribution in [2.24, 2.45) is 5.73 Å². The SMILES string of the molecule is COc1ccc(C(CN)C(O)c2cc(F)cc(Br)c2)cc1. The molecule has 0 bridgehead atoms. The minimum absolute atomic E-state index is 0.252. The van der Waals surface area contributed by atoms with Crippen LogP contribution in [0.15, 0.2) is 46.9 Å². The van der Waals surface area contributed by atoms with Gasteiger partial charge in [-0.15, -0.1) is 0 Å². The molecule has 112 valence electrons. The first-order valence-corrected chi connectivity index (χ1v) is 7.32. The smallest absolute Gasteiger partial charge is 0.124 e. The van der Waals surface area contributed by atoms with Crippen molar-refractivity contribution < 1.29 is 14.2 Å². The van der Waals surface area contributed by atoms with E-state index in [1.165, 1.54) is 12.1 Å². The molecule has 0 saturated heterocycles. The molecule has 0 aromatic heterocycles. The van der Waals surface area contributed by atoms with Crippen molar-refractivity contribution >= 4 is 15.9 Å². The summed E-state index contributed by atoms with van der Waals surface area (Å²) < 4.78 is 19.2. The zero-order chi connectivity index (χ0) is 15.4. The van der Waals surface area contributed by atoms with Crippen LogP contribution in [0.5, 0.6) is 5.75 Å². The molecule has 0 heterocycles. The van der Waals surface area contributed by atoms with Crippen molar-refractivity contribution in [3.8, 4) is 5.75 Å². The number of nitrogens with two attached hydrogens (primary N) is 1. The van der Waals surface area contributed by atoms with Crippen molar-refractivity contribution in [3.63, 3.8) is 0 Å². The van der Waals surface area contributed by atoms with Crippen LogP contribution in [0.4, 0.5) is 4.39 Å². The topological polar surface area (TPSA) is 55.5 Å². The minimum Gasteiger partial charge on any atom is -0.497 e. The van der Waals surface area contributed by atoms with Gasteiger partial charge >= 0.3 is 0 Å². The van der Waals surface area contributed by atoms with Crippen LogP contribution in [0.2, 0.25) is 0 Å². The van der Waals surface area contributed by atoms with Gasteiger partial charge < -0.3 is 15.6 Å². The molecule has 2 aromatic rings. The molecule has 3 N–H and O–H groups in total. The van der Waals surface area contributed by atoms with E-state index in [1.54, 1.807) is 13.2 Å². The summed E-state index contributed by atoms with van der Waals surface area (Å²) in [5, 5.41) is 10.5. The maximum absolute atomic E-state index is 13.5. The molecule has 0 fully saturated rings. The van der Waals surface area contributed by atoms with Gasteiger partial charge in [-0.05, 0) is 41.5 Å². The number of benzene rings is 2. The summed E-state index contributed by atoms with van der Waals surface area (Å²) in [4.78, 5) is 0. The molecule has 0 aliphatic heterocycles. The molecule has 3 nitrogen and oxygen atoms in total. The van der Waals surface area contributed by atoms with Gasteiger partial charge in [-0.1, -0.05) is 28.1 Å². The molecular formula is C16H17BrFNO2. The number of ether oxygens (including phenoxy) is 1. The van der Waals surface area contributed by atoms with Crippen molar-refractivity contribution in [2.45, 2.75) is 12.0 Å². The Labute approximate surface area is 131 Å². The Hall–Kier alpha value is -1.43. The van der Waals surface area contributed by atoms with E-state index >= 15 is 0 Å². The largest absolute Gasteiger partial charge is 0.497 e. The second-order valence-corrected chi connectivity index (χ2v) is 5.68. The van der Waals surface area contributed by atoms with Crippen LogP contribution in [-0.4, -0.2) is 18.8 Å². The number of rotatable bonds is 5. The highest BCUT2D eigenvalue weighted by molar-refractivity contribution is 9.10. The van der Waals surface area contributed by atoms with E-state index in [9.17, 15) is 9.50 Å². The molecule has 21 heavy (non-hydrogen) atoms. The van der Waals surface area contributed by atoms with Crippen LogP contribution in [0, 0.1) is 5.82 Å². The van der Waals surface area contributed by atoms with Crippen LogP contribution in [0.3, 0.4) is 0 Å². The second kappa shape index (κ2) is 7.02. The molecule has 2 aromatic carbocycles. The van der Waals surface area contributed by atoms with Gasteiger partial charge in [0.05, 0.1) is 13.2 Å². The van der Waals surface area contributed by atoms with Crippen LogP contribution in [0.1, 0.15) is 23.1 Å². The standard InChI is InChI=1S/C16H17BrFNO2/c1-21-14-4-2-10(3-5-14)15(9-19)16(20)11-6-12(17)8-13(18)7-11/h2-8,15-16,20H,9,19H2,1H3. The Morgan fingerprint density at radius 3 is 2.38 bits per heavy atom. The Kier molecular flexibility index (Phi) is 5.33. The van der Waals surface area contributed by atoms with Gasteiger partial charge in [-0.25, -0.2) is 4.39 Å². The van der Waals surface area contributed by atoms with E-state index in [2.05, 4.69) is 15.9 Å². The Balaban J connectivity index is 2.30. The molecule has 2 rings (SSSR count). The minimum atomic E-state index is -0.879. The fraction of sp³-hybridized carbons (Fsp3) is 0.250. The lowest BCUT2D eigenvalue weighted by Crippen LogP contribution is -2.20. The zero-order valence-corrected chi connectivity index (χ0v) is 13.2. The number of aliphatic hydroxyl groups excluding tert-OH is 1. The summed E-state index contributed by atoms with van der Waals surface area (Å²) >= 11 is 3.23. The van der Waals surface area contributed by atoms with E-state index < -0.39 is 11.9 Å². The van der Waals surface area contributed by atoms with E-state index in [0.29, 0.717) is 10.0 Å². The molecule has 0 spiro atoms. The van der Waals surface area contributed by atoms with Gasteiger partial charge in [0, 0.05) is 16.9 Å². The molecule has 0 aliphatic rings. The zero-order valence-electron chi connectivity index (χ0n) is 11.6. The van der Waals surface area contributed by atoms with Crippen molar-refractivity contribution in [1.82, 2.24) is 0 Å². The number of hydrogen-bond acceptors (Lipinski definition) is 3. The summed E-state index contributed by atoms with van der Waals surface area (Å²) in [5.41, 5.74) is 7.17. The average Bonchev–Trinajstić information content (AvgIpc) is 2.47. The quantitative estimate of drug-likeness (QED) is 0.866. The summed E-state index contributed by atoms with van der Waals surface area (Å²) in [7, 11) is 1.59. The van der Waals surface area contributed by atoms with E-state index in [0.717, 1.165) is 11.3 Å². The molecule has 5 heteroatoms. The van der Waals surface area contributed by atoms with Gasteiger partial charge in [-0.3, -0.25) is 0 Å². The predicted octanol–water partition coefficient (Wildman–Crippen LogP) is 3.37. The maximum atomic E-state index is 13.5. The molecule has 0 radical (unpaired) electrons. The second-order valence-electron chi connectivity index (χ2n) is 4.76. The third kappa shape index (κ3) is 3.81. The monoisotopic (exact) mass is 353 g/mol. The van der Waals surface area contributed by atoms with Crippen LogP contribution in [0.25, 0.3) is 0 Å². The van der Waals surface area contributed by atoms with Gasteiger partial charge in [-0.2, -0.15) is 0 Å². The van der Waals surface area contributed by atoms with E-state index in [-0.39, 0.29) is 12.5 Å². The number of halogens is 2. The first kappa shape index (κ1) is 15.9. The lowest BCUT2D eigenvalue weighted by Gasteiger charge is -2.22. The van der Waals surface area contributed by atoms with Crippen molar-refractivity contribution in [3.05, 3.63) is 63.9 Å². The Bertz CT molecular complexity index is 583. The molecule has 0 saturated carbocycles. The highest BCUT2D eigenvalue weighted by atomic mass is 79.9. The summed E-state index contributed by atoms with van der Waals surface area (Å²) in [5.74, 6) is 0.0195. The molecule has 2 unspecified atom stereocenters. The predicted molar refractivity (Wildman–Crippen MR) is 83.8 cm³/mol. The maximum Gasteiger partial charge on any atom is 0.124 e. The Morgan fingerprint density at radius 1 is 1.19 bits per heavy atom. The average molecular weight is 354 g/mol. The molecular weight excluding hydrogens is 337 g/mol. The van der Waals surface area contributed by atoms with Crippen molar-refractivity contribution in [1.29, 1.82) is 0 Å². The highest BCUT2D eigenvalue weighted by Gasteiger charge is 2.22. The molecule has 0 aliphatic carbocycles. The fourth-order valence-electron chi connectivity index (χ4n) is 2.28. The van der Waals surface area contributed by atoms with Crippen LogP contribution in [-0.2, 0) is 0 Å². The van der Waals surface area contributed by atoms with Gasteiger partial charge in [0.25, 0.3) is 0 Å². The lowest BCUT2D eigenvalue weighted by atomic mass is 9.89. The van der Waals surface area contributed by atoms with E-state index in [1.807, 2.05) is 24.3 Å². The molecule has 2 atom stereocenters. The first-order chi connectivity index (χ1) is 10.0. The van der Waals surface area contributed by atoms with E-state index in [4.69, 9.17) is 10.5 Å². The number of aliphatic hydroxyl groups is 1. The first-order valence-electron chi connectivity index (χ1n) is 6.53. The summed E-state index contributed by atoms with van der Waals surface area (Å²) in [6.07, 6.45) is -0.879. The van der Waals surface area contributed by atoms with Gasteiger partial charge in [0.1, 0.15) is 11.6 Å². The van der Waals surface area contributed by atoms with Crippen LogP contribution < -0.4 is 10.5 Å². The normalized spacial score (nSPS) is 13.8. The summed E-state index contributed by atoms with van der Waals surface area (Å²) in [6.45, 7) is 0.252. The third-order valence-electron chi connectivity index (χ3n) is 3.41. The van der Waals surface area contributed by atoms with Crippen molar-refractivity contribution in [2.75, 3.05) is 13.7 Å². The number of methoxy groups -OCH3 is 1. The summed E-state index contributed by atoms with van der Waals surface area (Å²) in [6, 6.07) is 11.7. The van der Waals surface area contributed by atoms with Gasteiger partial charge in [0.2, 0.25) is 0 Å². The lowest BCUT2D eigenvalue weighted by molar-refractivity contribution is 0.147. The Morgan fingerprint density at radius 2 is 1.86 bits per heavy atom. The highest BCUT2D eigenvalue weighted by Crippen LogP contribution is 2.32. The third-order valence-corrected chi connectivity index (χ3v) is 3.86. The van der Waals surface area contributed by atoms with Crippen LogP contribution >= 0.6 is 15.9 Å². The molecule has 0 amide bonds.